The Balaban J connectivity index is 4.53. The van der Waals surface area contributed by atoms with Gasteiger partial charge in [0.15, 0.2) is 5.60 Å². The predicted molar refractivity (Wildman–Crippen MR) is 58.9 cm³/mol. The van der Waals surface area contributed by atoms with Crippen molar-refractivity contribution in [3.05, 3.63) is 0 Å². The third kappa shape index (κ3) is 4.62. The molecule has 2 nitrogen and oxygen atoms in total. The zero-order valence-electron chi connectivity index (χ0n) is 10.1. The summed E-state index contributed by atoms with van der Waals surface area (Å²) in [6.45, 7) is 11.1. The fraction of sp³-hybridized carbons (Fsp3) is 0.917. The summed E-state index contributed by atoms with van der Waals surface area (Å²) in [6.07, 6.45) is 1.66. The average Bonchev–Trinajstić information content (AvgIpc) is 2.02. The molecule has 0 aliphatic heterocycles. The maximum Gasteiger partial charge on any atom is 0.154 e. The molecule has 0 fully saturated rings. The molecule has 0 aromatic heterocycles. The first-order valence-electron chi connectivity index (χ1n) is 5.51. The summed E-state index contributed by atoms with van der Waals surface area (Å²) in [5.74, 6) is 1.000. The molecule has 0 aliphatic carbocycles. The fourth-order valence-electron chi connectivity index (χ4n) is 1.92. The molecule has 0 amide bonds. The molecule has 0 rings (SSSR count). The van der Waals surface area contributed by atoms with Gasteiger partial charge in [0.05, 0.1) is 6.07 Å². The van der Waals surface area contributed by atoms with Crippen LogP contribution in [0, 0.1) is 23.2 Å². The first-order chi connectivity index (χ1) is 6.45. The lowest BCUT2D eigenvalue weighted by Crippen LogP contribution is -2.34. The zero-order chi connectivity index (χ0) is 11.2. The van der Waals surface area contributed by atoms with Crippen LogP contribution in [0.5, 0.6) is 0 Å². The van der Waals surface area contributed by atoms with Crippen LogP contribution in [0.1, 0.15) is 47.5 Å². The molecule has 0 unspecified atom stereocenters. The minimum atomic E-state index is -0.558. The lowest BCUT2D eigenvalue weighted by atomic mass is 9.86. The molecule has 0 spiro atoms. The molecule has 0 saturated heterocycles. The van der Waals surface area contributed by atoms with Crippen molar-refractivity contribution in [1.29, 1.82) is 5.26 Å². The van der Waals surface area contributed by atoms with Crippen molar-refractivity contribution >= 4 is 0 Å². The summed E-state index contributed by atoms with van der Waals surface area (Å²) in [5, 5.41) is 9.23. The average molecular weight is 197 g/mol. The van der Waals surface area contributed by atoms with E-state index in [0.29, 0.717) is 18.4 Å². The molecule has 14 heavy (non-hydrogen) atoms. The Labute approximate surface area is 88.3 Å². The minimum absolute atomic E-state index is 0.500. The van der Waals surface area contributed by atoms with Crippen LogP contribution in [0.25, 0.3) is 0 Å². The van der Waals surface area contributed by atoms with Gasteiger partial charge in [-0.1, -0.05) is 27.7 Å². The van der Waals surface area contributed by atoms with Crippen LogP contribution < -0.4 is 0 Å². The molecule has 0 radical (unpaired) electrons. The van der Waals surface area contributed by atoms with E-state index in [1.54, 1.807) is 0 Å². The normalized spacial score (nSPS) is 12.1. The van der Waals surface area contributed by atoms with E-state index in [0.717, 1.165) is 12.8 Å². The highest BCUT2D eigenvalue weighted by molar-refractivity contribution is 5.02. The van der Waals surface area contributed by atoms with Crippen molar-refractivity contribution in [3.8, 4) is 6.07 Å². The number of hydrogen-bond acceptors (Lipinski definition) is 2. The highest BCUT2D eigenvalue weighted by Gasteiger charge is 2.32. The van der Waals surface area contributed by atoms with Crippen molar-refractivity contribution in [3.63, 3.8) is 0 Å². The fourth-order valence-corrected chi connectivity index (χ4v) is 1.92. The molecule has 0 bridgehead atoms. The number of ether oxygens (including phenoxy) is 1. The zero-order valence-corrected chi connectivity index (χ0v) is 10.1. The van der Waals surface area contributed by atoms with E-state index in [1.807, 2.05) is 6.92 Å². The summed E-state index contributed by atoms with van der Waals surface area (Å²) >= 11 is 0. The van der Waals surface area contributed by atoms with Gasteiger partial charge in [0, 0.05) is 6.61 Å². The summed E-state index contributed by atoms with van der Waals surface area (Å²) in [5.41, 5.74) is -0.558. The summed E-state index contributed by atoms with van der Waals surface area (Å²) in [7, 11) is 0. The van der Waals surface area contributed by atoms with Crippen molar-refractivity contribution in [2.45, 2.75) is 53.1 Å². The second-order valence-electron chi connectivity index (χ2n) is 4.74. The molecule has 0 heterocycles. The summed E-state index contributed by atoms with van der Waals surface area (Å²) < 4.78 is 5.64. The standard InChI is InChI=1S/C12H23NO/c1-6-14-12(9-13,7-10(2)3)8-11(4)5/h10-11H,6-8H2,1-5H3. The van der Waals surface area contributed by atoms with E-state index in [2.05, 4.69) is 33.8 Å². The molecule has 2 heteroatoms. The third-order valence-electron chi connectivity index (χ3n) is 2.10. The largest absolute Gasteiger partial charge is 0.360 e. The van der Waals surface area contributed by atoms with Gasteiger partial charge in [0.2, 0.25) is 0 Å². The number of rotatable bonds is 6. The second-order valence-corrected chi connectivity index (χ2v) is 4.74. The van der Waals surface area contributed by atoms with Crippen molar-refractivity contribution in [1.82, 2.24) is 0 Å². The second kappa shape index (κ2) is 6.03. The molecule has 0 N–H and O–H groups in total. The summed E-state index contributed by atoms with van der Waals surface area (Å²) in [6, 6.07) is 2.36. The first kappa shape index (κ1) is 13.4. The van der Waals surface area contributed by atoms with Crippen LogP contribution in [0.15, 0.2) is 0 Å². The van der Waals surface area contributed by atoms with Gasteiger partial charge in [-0.3, -0.25) is 0 Å². The predicted octanol–water partition coefficient (Wildman–Crippen LogP) is 3.38. The van der Waals surface area contributed by atoms with E-state index >= 15 is 0 Å². The topological polar surface area (TPSA) is 33.0 Å². The molecule has 0 aliphatic rings. The monoisotopic (exact) mass is 197 g/mol. The third-order valence-corrected chi connectivity index (χ3v) is 2.10. The number of nitrogens with zero attached hydrogens (tertiary/aromatic N) is 1. The number of hydrogen-bond donors (Lipinski definition) is 0. The van der Waals surface area contributed by atoms with Gasteiger partial charge in [-0.25, -0.2) is 0 Å². The maximum atomic E-state index is 9.23. The molecular formula is C12H23NO. The van der Waals surface area contributed by atoms with Crippen LogP contribution in [0.3, 0.4) is 0 Å². The lowest BCUT2D eigenvalue weighted by molar-refractivity contribution is -0.0234. The molecule has 0 aromatic carbocycles. The van der Waals surface area contributed by atoms with Gasteiger partial charge in [0.1, 0.15) is 0 Å². The minimum Gasteiger partial charge on any atom is -0.360 e. The summed E-state index contributed by atoms with van der Waals surface area (Å²) in [4.78, 5) is 0. The smallest absolute Gasteiger partial charge is 0.154 e. The molecule has 0 atom stereocenters. The van der Waals surface area contributed by atoms with Gasteiger partial charge in [-0.2, -0.15) is 5.26 Å². The van der Waals surface area contributed by atoms with E-state index in [1.165, 1.54) is 0 Å². The first-order valence-corrected chi connectivity index (χ1v) is 5.51. The SMILES string of the molecule is CCOC(C#N)(CC(C)C)CC(C)C. The van der Waals surface area contributed by atoms with Gasteiger partial charge >= 0.3 is 0 Å². The van der Waals surface area contributed by atoms with Gasteiger partial charge in [-0.05, 0) is 31.6 Å². The number of nitriles is 1. The Hall–Kier alpha value is -0.550. The van der Waals surface area contributed by atoms with E-state index < -0.39 is 5.60 Å². The quantitative estimate of drug-likeness (QED) is 0.654. The van der Waals surface area contributed by atoms with E-state index in [9.17, 15) is 5.26 Å². The van der Waals surface area contributed by atoms with Crippen LogP contribution in [0.4, 0.5) is 0 Å². The van der Waals surface area contributed by atoms with Gasteiger partial charge in [0.25, 0.3) is 0 Å². The Bertz CT molecular complexity index is 181. The van der Waals surface area contributed by atoms with Gasteiger partial charge < -0.3 is 4.74 Å². The highest BCUT2D eigenvalue weighted by Crippen LogP contribution is 2.28. The van der Waals surface area contributed by atoms with Crippen molar-refractivity contribution in [2.24, 2.45) is 11.8 Å². The van der Waals surface area contributed by atoms with Crippen molar-refractivity contribution in [2.75, 3.05) is 6.61 Å². The van der Waals surface area contributed by atoms with E-state index in [4.69, 9.17) is 4.74 Å². The molecule has 82 valence electrons. The van der Waals surface area contributed by atoms with Crippen LogP contribution in [-0.4, -0.2) is 12.2 Å². The van der Waals surface area contributed by atoms with Crippen molar-refractivity contribution < 1.29 is 4.74 Å². The van der Waals surface area contributed by atoms with Crippen LogP contribution >= 0.6 is 0 Å². The highest BCUT2D eigenvalue weighted by atomic mass is 16.5. The van der Waals surface area contributed by atoms with Crippen LogP contribution in [-0.2, 0) is 4.74 Å². The van der Waals surface area contributed by atoms with Gasteiger partial charge in [-0.15, -0.1) is 0 Å². The van der Waals surface area contributed by atoms with Crippen LogP contribution in [0.2, 0.25) is 0 Å². The Kier molecular flexibility index (Phi) is 5.79. The molecule has 0 aromatic rings. The molecular weight excluding hydrogens is 174 g/mol. The lowest BCUT2D eigenvalue weighted by Gasteiger charge is -2.29. The molecule has 0 saturated carbocycles. The maximum absolute atomic E-state index is 9.23. The Morgan fingerprint density at radius 2 is 1.57 bits per heavy atom. The Morgan fingerprint density at radius 1 is 1.14 bits per heavy atom. The van der Waals surface area contributed by atoms with E-state index in [-0.39, 0.29) is 0 Å². The Morgan fingerprint density at radius 3 is 1.79 bits per heavy atom.